The quantitative estimate of drug-likeness (QED) is 0.486. The minimum absolute atomic E-state index is 0.0996. The molecule has 2 aromatic carbocycles. The topological polar surface area (TPSA) is 13.0 Å². The Morgan fingerprint density at radius 2 is 1.19 bits per heavy atom. The van der Waals surface area contributed by atoms with Crippen LogP contribution in [0.4, 0.5) is 0 Å². The number of hydrogen-bond donors (Lipinski definition) is 0. The Morgan fingerprint density at radius 1 is 0.625 bits per heavy atom. The third kappa shape index (κ3) is 7.18. The van der Waals surface area contributed by atoms with Crippen molar-refractivity contribution in [2.75, 3.05) is 58.9 Å². The van der Waals surface area contributed by atoms with Gasteiger partial charge in [0.05, 0.1) is 5.38 Å². The van der Waals surface area contributed by atoms with Crippen molar-refractivity contribution in [2.24, 2.45) is 0 Å². The number of fused-ring (bicyclic) bond motifs is 3. The molecule has 2 aliphatic heterocycles. The van der Waals surface area contributed by atoms with Crippen LogP contribution in [0.25, 0.3) is 0 Å². The van der Waals surface area contributed by atoms with Gasteiger partial charge in [-0.05, 0) is 30.6 Å². The van der Waals surface area contributed by atoms with Crippen molar-refractivity contribution >= 4 is 23.2 Å². The van der Waals surface area contributed by atoms with Gasteiger partial charge in [0.1, 0.15) is 5.50 Å². The lowest BCUT2D eigenvalue weighted by Crippen LogP contribution is -2.52. The molecule has 4 nitrogen and oxygen atoms in total. The summed E-state index contributed by atoms with van der Waals surface area (Å²) >= 11 is 13.9. The molecular weight excluding hydrogens is 439 g/mol. The Kier molecular flexibility index (Phi) is 9.27. The smallest absolute Gasteiger partial charge is 0.103 e. The first-order valence-corrected chi connectivity index (χ1v) is 12.8. The standard InChI is InChI=1S/C26H36Cl2N4/c27-25-22-31(21-24-10-5-2-6-11-24)15-14-29-12-7-13-30(20-23-8-3-1-4-9-23)17-19-32(18-16-29)26(25)28/h1-6,8-11,25-26H,7,12-22H2. The molecule has 4 atom stereocenters. The van der Waals surface area contributed by atoms with E-state index in [2.05, 4.69) is 80.3 Å². The van der Waals surface area contributed by atoms with Crippen molar-refractivity contribution in [3.05, 3.63) is 71.8 Å². The molecule has 0 saturated carbocycles. The number of halogens is 2. The van der Waals surface area contributed by atoms with E-state index in [0.29, 0.717) is 0 Å². The number of rotatable bonds is 4. The molecule has 2 saturated heterocycles. The fourth-order valence-electron chi connectivity index (χ4n) is 4.78. The van der Waals surface area contributed by atoms with Crippen molar-refractivity contribution in [2.45, 2.75) is 30.4 Å². The van der Waals surface area contributed by atoms with Gasteiger partial charge in [-0.2, -0.15) is 0 Å². The minimum atomic E-state index is -0.159. The van der Waals surface area contributed by atoms with Crippen molar-refractivity contribution in [1.82, 2.24) is 19.6 Å². The Bertz CT molecular complexity index is 791. The van der Waals surface area contributed by atoms with E-state index >= 15 is 0 Å². The molecule has 0 aromatic heterocycles. The van der Waals surface area contributed by atoms with Crippen LogP contribution in [0, 0.1) is 0 Å². The maximum atomic E-state index is 6.99. The molecule has 2 aromatic rings. The molecule has 2 fully saturated rings. The Labute approximate surface area is 203 Å². The lowest BCUT2D eigenvalue weighted by molar-refractivity contribution is 0.108. The van der Waals surface area contributed by atoms with Crippen LogP contribution >= 0.6 is 23.2 Å². The first-order chi connectivity index (χ1) is 15.7. The van der Waals surface area contributed by atoms with E-state index in [9.17, 15) is 0 Å². The van der Waals surface area contributed by atoms with Gasteiger partial charge in [0.2, 0.25) is 0 Å². The highest BCUT2D eigenvalue weighted by molar-refractivity contribution is 6.29. The Hall–Kier alpha value is -1.14. The summed E-state index contributed by atoms with van der Waals surface area (Å²) in [5, 5.41) is -0.0996. The fourth-order valence-corrected chi connectivity index (χ4v) is 5.41. The molecule has 174 valence electrons. The van der Waals surface area contributed by atoms with Crippen LogP contribution in [0.5, 0.6) is 0 Å². The highest BCUT2D eigenvalue weighted by Crippen LogP contribution is 2.20. The van der Waals surface area contributed by atoms with Gasteiger partial charge in [0.15, 0.2) is 0 Å². The van der Waals surface area contributed by atoms with Crippen LogP contribution in [-0.4, -0.2) is 89.4 Å². The summed E-state index contributed by atoms with van der Waals surface area (Å²) < 4.78 is 0. The van der Waals surface area contributed by atoms with E-state index in [1.54, 1.807) is 0 Å². The van der Waals surface area contributed by atoms with Crippen LogP contribution in [0.15, 0.2) is 60.7 Å². The predicted octanol–water partition coefficient (Wildman–Crippen LogP) is 4.18. The van der Waals surface area contributed by atoms with Crippen molar-refractivity contribution in [3.8, 4) is 0 Å². The third-order valence-corrected chi connectivity index (χ3v) is 7.75. The molecule has 6 heteroatoms. The summed E-state index contributed by atoms with van der Waals surface area (Å²) in [6, 6.07) is 21.5. The van der Waals surface area contributed by atoms with Crippen molar-refractivity contribution in [1.29, 1.82) is 0 Å². The van der Waals surface area contributed by atoms with E-state index in [-0.39, 0.29) is 10.9 Å². The largest absolute Gasteiger partial charge is 0.301 e. The molecule has 0 N–H and O–H groups in total. The lowest BCUT2D eigenvalue weighted by atomic mass is 10.2. The maximum Gasteiger partial charge on any atom is 0.103 e. The molecule has 2 bridgehead atoms. The van der Waals surface area contributed by atoms with Gasteiger partial charge in [-0.25, -0.2) is 0 Å². The third-order valence-electron chi connectivity index (χ3n) is 6.67. The summed E-state index contributed by atoms with van der Waals surface area (Å²) in [4.78, 5) is 10.1. The first-order valence-electron chi connectivity index (χ1n) is 11.9. The molecule has 0 amide bonds. The fraction of sp³-hybridized carbons (Fsp3) is 0.538. The van der Waals surface area contributed by atoms with E-state index in [1.807, 2.05) is 0 Å². The van der Waals surface area contributed by atoms with Gasteiger partial charge in [-0.15, -0.1) is 23.2 Å². The molecule has 32 heavy (non-hydrogen) atoms. The van der Waals surface area contributed by atoms with E-state index in [4.69, 9.17) is 23.2 Å². The molecule has 0 spiro atoms. The maximum absolute atomic E-state index is 6.99. The summed E-state index contributed by atoms with van der Waals surface area (Å²) in [6.45, 7) is 11.1. The van der Waals surface area contributed by atoms with Crippen LogP contribution < -0.4 is 0 Å². The average molecular weight is 476 g/mol. The predicted molar refractivity (Wildman–Crippen MR) is 135 cm³/mol. The van der Waals surface area contributed by atoms with Crippen LogP contribution in [0.1, 0.15) is 17.5 Å². The van der Waals surface area contributed by atoms with Gasteiger partial charge in [-0.1, -0.05) is 60.7 Å². The molecule has 2 aliphatic rings. The normalized spacial score (nSPS) is 28.9. The van der Waals surface area contributed by atoms with Crippen molar-refractivity contribution in [3.63, 3.8) is 0 Å². The van der Waals surface area contributed by atoms with E-state index in [0.717, 1.165) is 72.0 Å². The van der Waals surface area contributed by atoms with Gasteiger partial charge in [-0.3, -0.25) is 14.7 Å². The Morgan fingerprint density at radius 3 is 1.88 bits per heavy atom. The minimum Gasteiger partial charge on any atom is -0.301 e. The number of hydrogen-bond acceptors (Lipinski definition) is 4. The number of benzene rings is 2. The highest BCUT2D eigenvalue weighted by Gasteiger charge is 2.29. The summed E-state index contributed by atoms with van der Waals surface area (Å²) in [6.07, 6.45) is 1.20. The van der Waals surface area contributed by atoms with Crippen LogP contribution in [-0.2, 0) is 13.1 Å². The Balaban J connectivity index is 1.44. The second-order valence-electron chi connectivity index (χ2n) is 9.10. The summed E-state index contributed by atoms with van der Waals surface area (Å²) in [5.74, 6) is 0. The van der Waals surface area contributed by atoms with Gasteiger partial charge in [0.25, 0.3) is 0 Å². The van der Waals surface area contributed by atoms with E-state index in [1.165, 1.54) is 17.5 Å². The number of nitrogens with zero attached hydrogens (tertiary/aromatic N) is 4. The lowest BCUT2D eigenvalue weighted by Gasteiger charge is -2.39. The molecule has 2 heterocycles. The second-order valence-corrected chi connectivity index (χ2v) is 10.1. The summed E-state index contributed by atoms with van der Waals surface area (Å²) in [7, 11) is 0. The van der Waals surface area contributed by atoms with Gasteiger partial charge >= 0.3 is 0 Å². The number of alkyl halides is 2. The highest BCUT2D eigenvalue weighted by atomic mass is 35.5. The molecular formula is C26H36Cl2N4. The van der Waals surface area contributed by atoms with Crippen LogP contribution in [0.2, 0.25) is 0 Å². The molecule has 4 rings (SSSR count). The average Bonchev–Trinajstić information content (AvgIpc) is 2.82. The zero-order valence-electron chi connectivity index (χ0n) is 19.0. The molecule has 0 radical (unpaired) electrons. The summed E-state index contributed by atoms with van der Waals surface area (Å²) in [5.41, 5.74) is 2.55. The van der Waals surface area contributed by atoms with E-state index < -0.39 is 0 Å². The zero-order chi connectivity index (χ0) is 22.2. The second kappa shape index (κ2) is 12.4. The van der Waals surface area contributed by atoms with Crippen LogP contribution in [0.3, 0.4) is 0 Å². The first kappa shape index (κ1) is 24.0. The molecule has 0 aliphatic carbocycles. The SMILES string of the molecule is ClC1CN(Cc2ccccc2)CCN2CCCN(Cc3ccccc3)CCN(CC2)C1Cl. The zero-order valence-corrected chi connectivity index (χ0v) is 20.5. The monoisotopic (exact) mass is 474 g/mol. The van der Waals surface area contributed by atoms with Crippen molar-refractivity contribution < 1.29 is 0 Å². The molecule has 4 unspecified atom stereocenters. The van der Waals surface area contributed by atoms with Gasteiger partial charge < -0.3 is 4.90 Å². The van der Waals surface area contributed by atoms with Gasteiger partial charge in [0, 0.05) is 58.9 Å².